The molecule has 4 aliphatic heterocycles. The number of fused-ring (bicyclic) bond motifs is 5. The molecule has 4 aliphatic rings. The summed E-state index contributed by atoms with van der Waals surface area (Å²) in [5, 5.41) is 7.64. The zero-order valence-corrected chi connectivity index (χ0v) is 26.5. The van der Waals surface area contributed by atoms with Crippen molar-refractivity contribution in [2.24, 2.45) is 4.99 Å². The van der Waals surface area contributed by atoms with E-state index in [2.05, 4.69) is 42.5 Å². The second kappa shape index (κ2) is 11.5. The fourth-order valence-electron chi connectivity index (χ4n) is 5.23. The van der Waals surface area contributed by atoms with Crippen LogP contribution in [0, 0.1) is 0 Å². The third-order valence-corrected chi connectivity index (χ3v) is 11.0. The number of carbonyl (C=O) groups excluding carboxylic acids is 1. The van der Waals surface area contributed by atoms with Gasteiger partial charge in [-0.15, -0.1) is 5.10 Å². The number of nitrogen functional groups attached to an aromatic ring is 1. The van der Waals surface area contributed by atoms with Crippen molar-refractivity contribution in [1.82, 2.24) is 34.5 Å². The molecule has 2 unspecified atom stereocenters. The largest absolute Gasteiger partial charge is 0.369 e. The number of ketones is 1. The molecule has 3 aromatic rings. The van der Waals surface area contributed by atoms with Crippen molar-refractivity contribution in [2.45, 2.75) is 55.6 Å². The van der Waals surface area contributed by atoms with Crippen LogP contribution in [0.3, 0.4) is 0 Å². The quantitative estimate of drug-likeness (QED) is 0.213. The number of nitrogens with one attached hydrogen (secondary N) is 1. The van der Waals surface area contributed by atoms with Gasteiger partial charge in [-0.2, -0.15) is 9.67 Å². The lowest BCUT2D eigenvalue weighted by Gasteiger charge is -2.27. The summed E-state index contributed by atoms with van der Waals surface area (Å²) >= 11 is 14.9. The van der Waals surface area contributed by atoms with Crippen LogP contribution in [0.4, 0.5) is 20.5 Å². The van der Waals surface area contributed by atoms with E-state index >= 15 is 8.78 Å². The summed E-state index contributed by atoms with van der Waals surface area (Å²) in [6.07, 6.45) is -10.2. The molecule has 7 rings (SSSR count). The minimum atomic E-state index is -4.30. The van der Waals surface area contributed by atoms with E-state index in [4.69, 9.17) is 56.9 Å². The first-order valence-electron chi connectivity index (χ1n) is 13.0. The number of hydrogen-bond donors (Lipinski definition) is 4. The summed E-state index contributed by atoms with van der Waals surface area (Å²) in [6.45, 7) is -5.51. The Morgan fingerprint density at radius 3 is 2.64 bits per heavy atom. The third-order valence-electron chi connectivity index (χ3n) is 7.24. The molecule has 25 heteroatoms. The molecule has 3 saturated heterocycles. The Bertz CT molecular complexity index is 1880. The summed E-state index contributed by atoms with van der Waals surface area (Å²) in [6, 6.07) is 0. The fourth-order valence-corrected chi connectivity index (χ4v) is 8.59. The van der Waals surface area contributed by atoms with Gasteiger partial charge in [0, 0.05) is 12.6 Å². The Morgan fingerprint density at radius 2 is 1.84 bits per heavy atom. The van der Waals surface area contributed by atoms with E-state index in [0.29, 0.717) is 0 Å². The minimum Gasteiger partial charge on any atom is -0.369 e. The van der Waals surface area contributed by atoms with Crippen molar-refractivity contribution in [3.05, 3.63) is 22.4 Å². The van der Waals surface area contributed by atoms with E-state index in [1.807, 2.05) is 0 Å². The van der Waals surface area contributed by atoms with Crippen molar-refractivity contribution in [3.8, 4) is 0 Å². The SMILES string of the molecule is Nc1nc2c(nnn2[C@@H]2O[C@@H]3COP(O)(=S)O[C@H]4[C@H](F)[C@H](n5cnc6c5N=CCC6=O)O[C@@H]4COP(=S)(S)O[C@@H]2[C@@H]3F)c(=O)[nH]1. The number of aliphatic imine (C=N–C) groups is 1. The zero-order valence-electron chi connectivity index (χ0n) is 22.2. The maximum absolute atomic E-state index is 16.0. The van der Waals surface area contributed by atoms with Crippen molar-refractivity contribution in [1.29, 1.82) is 0 Å². The molecule has 0 spiro atoms. The number of hydrogen-bond acceptors (Lipinski definition) is 16. The molecule has 7 heterocycles. The number of H-pyrrole nitrogens is 1. The van der Waals surface area contributed by atoms with Gasteiger partial charge in [-0.3, -0.25) is 23.7 Å². The molecule has 0 saturated carbocycles. The van der Waals surface area contributed by atoms with Crippen LogP contribution in [-0.4, -0.2) is 101 Å². The Labute approximate surface area is 265 Å². The number of carbonyl (C=O) groups is 1. The van der Waals surface area contributed by atoms with E-state index < -0.39 is 80.4 Å². The van der Waals surface area contributed by atoms with Crippen LogP contribution < -0.4 is 11.3 Å². The van der Waals surface area contributed by atoms with E-state index in [-0.39, 0.29) is 40.8 Å². The smallest absolute Gasteiger partial charge is 0.325 e. The van der Waals surface area contributed by atoms with Gasteiger partial charge >= 0.3 is 6.72 Å². The number of nitrogens with zero attached hydrogens (tertiary/aromatic N) is 7. The Kier molecular flexibility index (Phi) is 8.06. The van der Waals surface area contributed by atoms with Crippen LogP contribution in [0.1, 0.15) is 29.4 Å². The van der Waals surface area contributed by atoms with Crippen LogP contribution in [0.25, 0.3) is 11.2 Å². The minimum absolute atomic E-state index is 0.0379. The number of rotatable bonds is 2. The first-order valence-corrected chi connectivity index (χ1v) is 19.3. The number of imidazole rings is 1. The van der Waals surface area contributed by atoms with Gasteiger partial charge in [0.15, 0.2) is 53.3 Å². The topological polar surface area (TPSA) is 225 Å². The predicted octanol–water partition coefficient (Wildman–Crippen LogP) is 0.941. The number of nitrogens with two attached hydrogens (primary N) is 1. The molecular formula is C20H21F2N9O9P2S3. The van der Waals surface area contributed by atoms with Crippen LogP contribution in [-0.2, 0) is 51.2 Å². The first-order chi connectivity index (χ1) is 21.3. The monoisotopic (exact) mass is 727 g/mol. The van der Waals surface area contributed by atoms with Crippen molar-refractivity contribution in [2.75, 3.05) is 18.9 Å². The number of aromatic nitrogens is 7. The Balaban J connectivity index is 1.20. The maximum atomic E-state index is 16.0. The molecule has 0 aliphatic carbocycles. The highest BCUT2D eigenvalue weighted by Crippen LogP contribution is 2.59. The normalized spacial score (nSPS) is 38.8. The number of ether oxygens (including phenoxy) is 2. The van der Waals surface area contributed by atoms with Gasteiger partial charge in [0.2, 0.25) is 11.6 Å². The summed E-state index contributed by atoms with van der Waals surface area (Å²) in [5.41, 5.74) is 0.944. The molecule has 0 amide bonds. The Morgan fingerprint density at radius 1 is 1.09 bits per heavy atom. The van der Waals surface area contributed by atoms with E-state index in [9.17, 15) is 14.5 Å². The lowest BCUT2D eigenvalue weighted by atomic mass is 10.1. The molecule has 2 bridgehead atoms. The molecule has 0 radical (unpaired) electrons. The number of Topliss-reactive ketones (excluding diaryl/α,β-unsaturated/α-hetero) is 1. The van der Waals surface area contributed by atoms with Crippen molar-refractivity contribution < 1.29 is 46.0 Å². The summed E-state index contributed by atoms with van der Waals surface area (Å²) < 4.78 is 68.4. The van der Waals surface area contributed by atoms with Gasteiger partial charge in [0.1, 0.15) is 24.4 Å². The van der Waals surface area contributed by atoms with Crippen LogP contribution in [0.5, 0.6) is 0 Å². The van der Waals surface area contributed by atoms with E-state index in [1.165, 1.54) is 17.1 Å². The van der Waals surface area contributed by atoms with Gasteiger partial charge in [0.25, 0.3) is 5.56 Å². The number of halogens is 2. The number of thiol groups is 1. The molecule has 0 aromatic carbocycles. The highest BCUT2D eigenvalue weighted by molar-refractivity contribution is 8.60. The summed E-state index contributed by atoms with van der Waals surface area (Å²) in [7, 11) is 0. The zero-order chi connectivity index (χ0) is 31.8. The maximum Gasteiger partial charge on any atom is 0.325 e. The van der Waals surface area contributed by atoms with E-state index in [1.54, 1.807) is 0 Å². The molecule has 18 nitrogen and oxygen atoms in total. The Hall–Kier alpha value is -2.14. The fraction of sp³-hybridized carbons (Fsp3) is 0.550. The van der Waals surface area contributed by atoms with Gasteiger partial charge in [0.05, 0.1) is 19.5 Å². The molecule has 45 heavy (non-hydrogen) atoms. The van der Waals surface area contributed by atoms with Crippen molar-refractivity contribution in [3.63, 3.8) is 0 Å². The summed E-state index contributed by atoms with van der Waals surface area (Å²) in [4.78, 5) is 49.9. The molecule has 3 aromatic heterocycles. The molecular weight excluding hydrogens is 706 g/mol. The van der Waals surface area contributed by atoms with Crippen LogP contribution in [0.15, 0.2) is 16.1 Å². The van der Waals surface area contributed by atoms with Gasteiger partial charge in [-0.25, -0.2) is 18.8 Å². The van der Waals surface area contributed by atoms with Crippen LogP contribution >= 0.6 is 24.7 Å². The van der Waals surface area contributed by atoms with Gasteiger partial charge < -0.3 is 33.7 Å². The first kappa shape index (κ1) is 31.5. The standard InChI is InChI=1S/C20H21F2N9O9P2S3/c21-9-7-3-35-41(34,43)39-13-8(38-18(10(13)22)30-5-25-11-6(32)1-2-24-15(11)30)4-36-42(44,45)40-14(9)19(37-7)31-16-12(28-29-31)17(33)27-20(23)26-16/h2,5,7-10,13-14,18-19H,1,3-4H2,(H,34,43)(H,44,45)(H3,23,26,27,33)/t7-,8-,9-,10+,13-,14-,18-,19-,41?/m1/s1. The molecule has 10 atom stereocenters. The third kappa shape index (κ3) is 5.72. The average Bonchev–Trinajstić information content (AvgIpc) is 3.72. The average molecular weight is 728 g/mol. The number of alkyl halides is 2. The van der Waals surface area contributed by atoms with Crippen molar-refractivity contribution >= 4 is 83.2 Å². The second-order valence-corrected chi connectivity index (χ2v) is 18.1. The lowest BCUT2D eigenvalue weighted by molar-refractivity contribution is -0.0599. The number of aromatic amines is 1. The molecule has 3 fully saturated rings. The lowest BCUT2D eigenvalue weighted by Crippen LogP contribution is -2.34. The predicted molar refractivity (Wildman–Crippen MR) is 159 cm³/mol. The van der Waals surface area contributed by atoms with E-state index in [0.717, 1.165) is 4.68 Å². The highest BCUT2D eigenvalue weighted by Gasteiger charge is 2.54. The molecule has 4 N–H and O–H groups in total. The second-order valence-electron chi connectivity index (χ2n) is 10.1. The highest BCUT2D eigenvalue weighted by atomic mass is 32.9. The van der Waals surface area contributed by atoms with Gasteiger partial charge in [-0.05, 0) is 23.6 Å². The summed E-state index contributed by atoms with van der Waals surface area (Å²) in [5.74, 6) is -0.507. The van der Waals surface area contributed by atoms with Gasteiger partial charge in [-0.1, -0.05) is 17.5 Å². The van der Waals surface area contributed by atoms with Crippen LogP contribution in [0.2, 0.25) is 0 Å². The number of anilines is 1. The molecule has 242 valence electrons.